The molecule has 0 fully saturated rings. The van der Waals surface area contributed by atoms with Gasteiger partial charge in [0.1, 0.15) is 0 Å². The number of amides is 3. The van der Waals surface area contributed by atoms with Crippen LogP contribution in [-0.2, 0) is 9.59 Å². The van der Waals surface area contributed by atoms with Gasteiger partial charge < -0.3 is 21.7 Å². The summed E-state index contributed by atoms with van der Waals surface area (Å²) in [5.74, 6) is -1.04. The number of hydrogen-bond acceptors (Lipinski definition) is 4. The summed E-state index contributed by atoms with van der Waals surface area (Å²) in [6.45, 7) is 3.98. The van der Waals surface area contributed by atoms with Crippen LogP contribution in [0.5, 0.6) is 0 Å². The van der Waals surface area contributed by atoms with Gasteiger partial charge in [0, 0.05) is 13.1 Å². The Labute approximate surface area is 146 Å². The molecule has 5 N–H and O–H groups in total. The van der Waals surface area contributed by atoms with Crippen molar-refractivity contribution in [1.29, 1.82) is 0 Å². The van der Waals surface area contributed by atoms with E-state index in [0.717, 1.165) is 0 Å². The lowest BCUT2D eigenvalue weighted by Crippen LogP contribution is -2.47. The average molecular weight is 355 g/mol. The van der Waals surface area contributed by atoms with Crippen LogP contribution in [0.2, 0.25) is 5.02 Å². The van der Waals surface area contributed by atoms with Gasteiger partial charge >= 0.3 is 0 Å². The van der Waals surface area contributed by atoms with Gasteiger partial charge in [0.2, 0.25) is 11.8 Å². The lowest BCUT2D eigenvalue weighted by molar-refractivity contribution is -0.127. The highest BCUT2D eigenvalue weighted by molar-refractivity contribution is 6.33. The Balaban J connectivity index is 2.23. The van der Waals surface area contributed by atoms with E-state index in [2.05, 4.69) is 16.0 Å². The van der Waals surface area contributed by atoms with Crippen molar-refractivity contribution in [3.05, 3.63) is 34.9 Å². The zero-order valence-electron chi connectivity index (χ0n) is 13.8. The van der Waals surface area contributed by atoms with Gasteiger partial charge in [-0.15, -0.1) is 0 Å². The minimum Gasteiger partial charge on any atom is -0.353 e. The van der Waals surface area contributed by atoms with Gasteiger partial charge in [-0.3, -0.25) is 14.4 Å². The SMILES string of the molecule is CC(C)[C@H](N)C(=O)NCC(=O)NCCNC(=O)c1ccccc1Cl. The van der Waals surface area contributed by atoms with E-state index in [-0.39, 0.29) is 43.3 Å². The first-order valence-corrected chi connectivity index (χ1v) is 8.03. The number of carbonyl (C=O) groups excluding carboxylic acids is 3. The highest BCUT2D eigenvalue weighted by Gasteiger charge is 2.17. The number of halogens is 1. The van der Waals surface area contributed by atoms with Crippen molar-refractivity contribution < 1.29 is 14.4 Å². The Hall–Kier alpha value is -2.12. The first-order chi connectivity index (χ1) is 11.3. The van der Waals surface area contributed by atoms with Crippen LogP contribution in [0, 0.1) is 5.92 Å². The lowest BCUT2D eigenvalue weighted by atomic mass is 10.1. The molecule has 0 aliphatic carbocycles. The first-order valence-electron chi connectivity index (χ1n) is 7.65. The van der Waals surface area contributed by atoms with Gasteiger partial charge in [-0.25, -0.2) is 0 Å². The molecule has 0 aliphatic heterocycles. The Morgan fingerprint density at radius 3 is 2.33 bits per heavy atom. The fourth-order valence-electron chi connectivity index (χ4n) is 1.77. The molecule has 0 saturated carbocycles. The van der Waals surface area contributed by atoms with E-state index in [1.165, 1.54) is 0 Å². The minimum absolute atomic E-state index is 0.00640. The van der Waals surface area contributed by atoms with Gasteiger partial charge in [-0.2, -0.15) is 0 Å². The molecule has 0 bridgehead atoms. The lowest BCUT2D eigenvalue weighted by Gasteiger charge is -2.15. The van der Waals surface area contributed by atoms with Crippen LogP contribution in [0.25, 0.3) is 0 Å². The predicted octanol–water partition coefficient (Wildman–Crippen LogP) is 0.286. The molecule has 0 unspecified atom stereocenters. The fraction of sp³-hybridized carbons (Fsp3) is 0.438. The normalized spacial score (nSPS) is 11.7. The largest absolute Gasteiger partial charge is 0.353 e. The summed E-state index contributed by atoms with van der Waals surface area (Å²) >= 11 is 5.92. The summed E-state index contributed by atoms with van der Waals surface area (Å²) in [6, 6.07) is 6.05. The molecule has 0 aliphatic rings. The molecule has 1 aromatic rings. The van der Waals surface area contributed by atoms with E-state index in [0.29, 0.717) is 10.6 Å². The summed E-state index contributed by atoms with van der Waals surface area (Å²) in [5.41, 5.74) is 6.04. The van der Waals surface area contributed by atoms with E-state index in [9.17, 15) is 14.4 Å². The standard InChI is InChI=1S/C16H23ClN4O3/c1-10(2)14(18)16(24)21-9-13(22)19-7-8-20-15(23)11-5-3-4-6-12(11)17/h3-6,10,14H,7-9,18H2,1-2H3,(H,19,22)(H,20,23)(H,21,24)/t14-/m0/s1. The summed E-state index contributed by atoms with van der Waals surface area (Å²) in [6.07, 6.45) is 0. The number of nitrogens with two attached hydrogens (primary N) is 1. The second-order valence-electron chi connectivity index (χ2n) is 5.57. The van der Waals surface area contributed by atoms with Crippen LogP contribution in [0.3, 0.4) is 0 Å². The molecule has 7 nitrogen and oxygen atoms in total. The Bertz CT molecular complexity index is 592. The number of nitrogens with one attached hydrogen (secondary N) is 3. The highest BCUT2D eigenvalue weighted by atomic mass is 35.5. The van der Waals surface area contributed by atoms with Crippen LogP contribution in [-0.4, -0.2) is 43.4 Å². The van der Waals surface area contributed by atoms with Gasteiger partial charge in [0.15, 0.2) is 0 Å². The summed E-state index contributed by atoms with van der Waals surface area (Å²) in [4.78, 5) is 35.1. The molecule has 132 valence electrons. The summed E-state index contributed by atoms with van der Waals surface area (Å²) < 4.78 is 0. The average Bonchev–Trinajstić information content (AvgIpc) is 2.55. The predicted molar refractivity (Wildman–Crippen MR) is 92.6 cm³/mol. The Morgan fingerprint density at radius 1 is 1.08 bits per heavy atom. The monoisotopic (exact) mass is 354 g/mol. The summed E-state index contributed by atoms with van der Waals surface area (Å²) in [7, 11) is 0. The topological polar surface area (TPSA) is 113 Å². The minimum atomic E-state index is -0.646. The van der Waals surface area contributed by atoms with Crippen molar-refractivity contribution >= 4 is 29.3 Å². The maximum Gasteiger partial charge on any atom is 0.252 e. The second kappa shape index (κ2) is 9.89. The number of hydrogen-bond donors (Lipinski definition) is 4. The van der Waals surface area contributed by atoms with Crippen molar-refractivity contribution in [3.63, 3.8) is 0 Å². The molecular formula is C16H23ClN4O3. The van der Waals surface area contributed by atoms with Gasteiger partial charge in [-0.05, 0) is 18.1 Å². The fourth-order valence-corrected chi connectivity index (χ4v) is 1.99. The van der Waals surface area contributed by atoms with Crippen LogP contribution >= 0.6 is 11.6 Å². The Morgan fingerprint density at radius 2 is 1.71 bits per heavy atom. The maximum atomic E-state index is 11.9. The highest BCUT2D eigenvalue weighted by Crippen LogP contribution is 2.14. The molecule has 1 aromatic carbocycles. The molecular weight excluding hydrogens is 332 g/mol. The van der Waals surface area contributed by atoms with Crippen LogP contribution in [0.1, 0.15) is 24.2 Å². The number of carbonyl (C=O) groups is 3. The van der Waals surface area contributed by atoms with Crippen LogP contribution < -0.4 is 21.7 Å². The number of rotatable bonds is 8. The van der Waals surface area contributed by atoms with E-state index in [4.69, 9.17) is 17.3 Å². The van der Waals surface area contributed by atoms with Crippen molar-refractivity contribution in [3.8, 4) is 0 Å². The van der Waals surface area contributed by atoms with Crippen LogP contribution in [0.15, 0.2) is 24.3 Å². The van der Waals surface area contributed by atoms with E-state index in [1.807, 2.05) is 13.8 Å². The third-order valence-electron chi connectivity index (χ3n) is 3.30. The molecule has 1 rings (SSSR count). The van der Waals surface area contributed by atoms with E-state index >= 15 is 0 Å². The van der Waals surface area contributed by atoms with Crippen LogP contribution in [0.4, 0.5) is 0 Å². The quantitative estimate of drug-likeness (QED) is 0.502. The molecule has 8 heteroatoms. The van der Waals surface area contributed by atoms with Crippen molar-refractivity contribution in [2.45, 2.75) is 19.9 Å². The molecule has 24 heavy (non-hydrogen) atoms. The third kappa shape index (κ3) is 6.55. The maximum absolute atomic E-state index is 11.9. The molecule has 0 aromatic heterocycles. The molecule has 1 atom stereocenters. The van der Waals surface area contributed by atoms with Crippen molar-refractivity contribution in [2.24, 2.45) is 11.7 Å². The third-order valence-corrected chi connectivity index (χ3v) is 3.62. The van der Waals surface area contributed by atoms with Crippen molar-refractivity contribution in [2.75, 3.05) is 19.6 Å². The first kappa shape index (κ1) is 19.9. The molecule has 0 spiro atoms. The summed E-state index contributed by atoms with van der Waals surface area (Å²) in [5, 5.41) is 8.06. The van der Waals surface area contributed by atoms with Crippen molar-refractivity contribution in [1.82, 2.24) is 16.0 Å². The molecule has 0 saturated heterocycles. The van der Waals surface area contributed by atoms with Gasteiger partial charge in [0.05, 0.1) is 23.2 Å². The molecule has 0 radical (unpaired) electrons. The molecule has 0 heterocycles. The smallest absolute Gasteiger partial charge is 0.252 e. The molecule has 3 amide bonds. The zero-order valence-corrected chi connectivity index (χ0v) is 14.5. The Kier molecular flexibility index (Phi) is 8.21. The van der Waals surface area contributed by atoms with E-state index in [1.54, 1.807) is 24.3 Å². The van der Waals surface area contributed by atoms with Gasteiger partial charge in [-0.1, -0.05) is 37.6 Å². The zero-order chi connectivity index (χ0) is 18.1. The number of benzene rings is 1. The second-order valence-corrected chi connectivity index (χ2v) is 5.98. The van der Waals surface area contributed by atoms with E-state index < -0.39 is 6.04 Å². The van der Waals surface area contributed by atoms with Gasteiger partial charge in [0.25, 0.3) is 5.91 Å².